The number of carbonyl (C=O) groups is 3. The monoisotopic (exact) mass is 451 g/mol. The molecule has 1 N–H and O–H groups in total. The maximum absolute atomic E-state index is 12.7. The van der Waals surface area contributed by atoms with Gasteiger partial charge < -0.3 is 19.7 Å². The van der Waals surface area contributed by atoms with Gasteiger partial charge in [-0.2, -0.15) is 0 Å². The number of hydrogen-bond acceptors (Lipinski definition) is 5. The van der Waals surface area contributed by atoms with Crippen molar-refractivity contribution in [2.45, 2.75) is 26.3 Å². The predicted molar refractivity (Wildman–Crippen MR) is 124 cm³/mol. The molecule has 3 amide bonds. The smallest absolute Gasteiger partial charge is 0.328 e. The molecule has 33 heavy (non-hydrogen) atoms. The fraction of sp³-hybridized carbons (Fsp3) is 0.400. The Hall–Kier alpha value is -3.39. The van der Waals surface area contributed by atoms with E-state index in [1.165, 1.54) is 0 Å². The molecular formula is C25H29N3O5. The second-order valence-electron chi connectivity index (χ2n) is 8.15. The maximum Gasteiger partial charge on any atom is 0.328 e. The molecule has 4 rings (SSSR count). The van der Waals surface area contributed by atoms with Crippen molar-refractivity contribution in [3.05, 3.63) is 53.6 Å². The summed E-state index contributed by atoms with van der Waals surface area (Å²) in [5.74, 6) is -0.423. The van der Waals surface area contributed by atoms with Gasteiger partial charge in [0.05, 0.1) is 19.8 Å². The number of esters is 1. The van der Waals surface area contributed by atoms with Gasteiger partial charge in [0.25, 0.3) is 5.91 Å². The van der Waals surface area contributed by atoms with Crippen LogP contribution < -0.4 is 10.2 Å². The first-order valence-electron chi connectivity index (χ1n) is 11.3. The largest absolute Gasteiger partial charge is 0.464 e. The summed E-state index contributed by atoms with van der Waals surface area (Å²) in [6.07, 6.45) is 0.734. The summed E-state index contributed by atoms with van der Waals surface area (Å²) in [5.41, 5.74) is 4.61. The van der Waals surface area contributed by atoms with Crippen molar-refractivity contribution >= 4 is 23.6 Å². The highest BCUT2D eigenvalue weighted by molar-refractivity contribution is 5.97. The first kappa shape index (κ1) is 22.8. The van der Waals surface area contributed by atoms with Crippen molar-refractivity contribution in [3.63, 3.8) is 0 Å². The Bertz CT molecular complexity index is 1030. The molecular weight excluding hydrogens is 422 g/mol. The fourth-order valence-corrected chi connectivity index (χ4v) is 4.14. The van der Waals surface area contributed by atoms with Gasteiger partial charge in [0.1, 0.15) is 6.04 Å². The van der Waals surface area contributed by atoms with Crippen molar-refractivity contribution in [2.24, 2.45) is 0 Å². The molecule has 0 radical (unpaired) electrons. The molecule has 1 saturated heterocycles. The van der Waals surface area contributed by atoms with Gasteiger partial charge in [0.15, 0.2) is 0 Å². The number of amides is 3. The van der Waals surface area contributed by atoms with Gasteiger partial charge in [-0.15, -0.1) is 0 Å². The Balaban J connectivity index is 1.44. The third kappa shape index (κ3) is 5.01. The predicted octanol–water partition coefficient (Wildman–Crippen LogP) is 2.85. The average molecular weight is 452 g/mol. The number of morpholine rings is 1. The van der Waals surface area contributed by atoms with Gasteiger partial charge in [-0.25, -0.2) is 9.59 Å². The molecule has 0 bridgehead atoms. The van der Waals surface area contributed by atoms with Crippen LogP contribution in [-0.4, -0.2) is 68.3 Å². The zero-order valence-corrected chi connectivity index (χ0v) is 19.0. The molecule has 0 unspecified atom stereocenters. The zero-order chi connectivity index (χ0) is 23.4. The molecule has 174 valence electrons. The summed E-state index contributed by atoms with van der Waals surface area (Å²) < 4.78 is 10.3. The van der Waals surface area contributed by atoms with Gasteiger partial charge in [0.2, 0.25) is 0 Å². The average Bonchev–Trinajstić information content (AvgIpc) is 3.28. The number of carbonyl (C=O) groups excluding carboxylic acids is 3. The van der Waals surface area contributed by atoms with E-state index in [9.17, 15) is 14.4 Å². The molecule has 1 fully saturated rings. The van der Waals surface area contributed by atoms with Crippen LogP contribution in [0.2, 0.25) is 0 Å². The molecule has 1 atom stereocenters. The molecule has 0 spiro atoms. The topological polar surface area (TPSA) is 88.2 Å². The van der Waals surface area contributed by atoms with Crippen LogP contribution in [0.5, 0.6) is 0 Å². The number of ether oxygens (including phenoxy) is 2. The quantitative estimate of drug-likeness (QED) is 0.707. The van der Waals surface area contributed by atoms with Crippen molar-refractivity contribution in [2.75, 3.05) is 44.4 Å². The minimum absolute atomic E-state index is 0.0255. The Kier molecular flexibility index (Phi) is 6.93. The van der Waals surface area contributed by atoms with E-state index in [0.29, 0.717) is 38.4 Å². The van der Waals surface area contributed by atoms with Crippen LogP contribution in [0.25, 0.3) is 11.1 Å². The number of nitrogens with one attached hydrogen (secondary N) is 1. The van der Waals surface area contributed by atoms with Crippen molar-refractivity contribution in [1.29, 1.82) is 0 Å². The fourth-order valence-electron chi connectivity index (χ4n) is 4.14. The van der Waals surface area contributed by atoms with Crippen LogP contribution in [0.15, 0.2) is 42.5 Å². The molecule has 8 nitrogen and oxygen atoms in total. The van der Waals surface area contributed by atoms with E-state index in [1.807, 2.05) is 41.3 Å². The summed E-state index contributed by atoms with van der Waals surface area (Å²) in [6, 6.07) is 12.6. The molecule has 2 heterocycles. The number of urea groups is 1. The van der Waals surface area contributed by atoms with E-state index in [-0.39, 0.29) is 18.5 Å². The highest BCUT2D eigenvalue weighted by atomic mass is 16.5. The van der Waals surface area contributed by atoms with Crippen LogP contribution >= 0.6 is 0 Å². The van der Waals surface area contributed by atoms with E-state index >= 15 is 0 Å². The van der Waals surface area contributed by atoms with Crippen molar-refractivity contribution < 1.29 is 23.9 Å². The van der Waals surface area contributed by atoms with Crippen LogP contribution in [0, 0.1) is 0 Å². The minimum Gasteiger partial charge on any atom is -0.464 e. The Morgan fingerprint density at radius 3 is 2.42 bits per heavy atom. The summed E-state index contributed by atoms with van der Waals surface area (Å²) in [5, 5.41) is 2.71. The number of rotatable bonds is 5. The minimum atomic E-state index is -0.709. The zero-order valence-electron chi connectivity index (χ0n) is 19.0. The van der Waals surface area contributed by atoms with Crippen LogP contribution in [0.3, 0.4) is 0 Å². The van der Waals surface area contributed by atoms with Gasteiger partial charge in [-0.05, 0) is 61.2 Å². The van der Waals surface area contributed by atoms with Crippen LogP contribution in [-0.2, 0) is 20.7 Å². The second-order valence-corrected chi connectivity index (χ2v) is 8.15. The molecule has 0 aromatic heterocycles. The number of anilines is 1. The van der Waals surface area contributed by atoms with E-state index < -0.39 is 12.0 Å². The Labute approximate surface area is 193 Å². The lowest BCUT2D eigenvalue weighted by Crippen LogP contribution is -2.46. The third-order valence-electron chi connectivity index (χ3n) is 5.96. The van der Waals surface area contributed by atoms with E-state index in [4.69, 9.17) is 9.47 Å². The van der Waals surface area contributed by atoms with E-state index in [0.717, 1.165) is 28.8 Å². The summed E-state index contributed by atoms with van der Waals surface area (Å²) in [7, 11) is 0. The second kappa shape index (κ2) is 10.0. The lowest BCUT2D eigenvalue weighted by atomic mass is 10.0. The van der Waals surface area contributed by atoms with E-state index in [1.54, 1.807) is 18.7 Å². The van der Waals surface area contributed by atoms with Gasteiger partial charge in [-0.1, -0.05) is 18.2 Å². The first-order chi connectivity index (χ1) is 16.0. The van der Waals surface area contributed by atoms with Gasteiger partial charge in [-0.3, -0.25) is 9.69 Å². The van der Waals surface area contributed by atoms with Crippen molar-refractivity contribution in [3.8, 4) is 11.1 Å². The van der Waals surface area contributed by atoms with Gasteiger partial charge in [0, 0.05) is 30.9 Å². The molecule has 8 heteroatoms. The normalized spacial score (nSPS) is 16.2. The lowest BCUT2D eigenvalue weighted by molar-refractivity contribution is -0.144. The molecule has 2 aliphatic heterocycles. The maximum atomic E-state index is 12.7. The number of nitrogens with zero attached hydrogens (tertiary/aromatic N) is 2. The summed E-state index contributed by atoms with van der Waals surface area (Å²) >= 11 is 0. The molecule has 2 aromatic rings. The molecule has 0 aliphatic carbocycles. The van der Waals surface area contributed by atoms with Gasteiger partial charge >= 0.3 is 12.0 Å². The number of hydrogen-bond donors (Lipinski definition) is 1. The molecule has 2 aromatic carbocycles. The summed E-state index contributed by atoms with van der Waals surface area (Å²) in [4.78, 5) is 40.6. The standard InChI is InChI=1S/C25H29N3O5/c1-3-33-24(30)17(2)26-25(31)28-11-10-21-16-20(8-9-22(21)28)18-4-6-19(7-5-18)23(29)27-12-14-32-15-13-27/h4-9,16-17H,3,10-15H2,1-2H3,(H,26,31)/t17-/m1/s1. The Morgan fingerprint density at radius 1 is 1.03 bits per heavy atom. The van der Waals surface area contributed by atoms with Crippen LogP contribution in [0.1, 0.15) is 29.8 Å². The molecule has 2 aliphatic rings. The highest BCUT2D eigenvalue weighted by Gasteiger charge is 2.27. The lowest BCUT2D eigenvalue weighted by Gasteiger charge is -2.26. The third-order valence-corrected chi connectivity index (χ3v) is 5.96. The first-order valence-corrected chi connectivity index (χ1v) is 11.3. The Morgan fingerprint density at radius 2 is 1.73 bits per heavy atom. The van der Waals surface area contributed by atoms with Crippen LogP contribution in [0.4, 0.5) is 10.5 Å². The SMILES string of the molecule is CCOC(=O)[C@@H](C)NC(=O)N1CCc2cc(-c3ccc(C(=O)N4CCOCC4)cc3)ccc21. The highest BCUT2D eigenvalue weighted by Crippen LogP contribution is 2.32. The van der Waals surface area contributed by atoms with Crippen molar-refractivity contribution in [1.82, 2.24) is 10.2 Å². The number of benzene rings is 2. The molecule has 0 saturated carbocycles. The number of fused-ring (bicyclic) bond motifs is 1. The summed E-state index contributed by atoms with van der Waals surface area (Å²) in [6.45, 7) is 6.57. The van der Waals surface area contributed by atoms with E-state index in [2.05, 4.69) is 11.4 Å².